The Morgan fingerprint density at radius 2 is 2.00 bits per heavy atom. The van der Waals surface area contributed by atoms with Crippen LogP contribution in [-0.2, 0) is 9.47 Å². The van der Waals surface area contributed by atoms with Gasteiger partial charge in [-0.25, -0.2) is 0 Å². The van der Waals surface area contributed by atoms with Crippen LogP contribution in [0, 0.1) is 0 Å². The molecule has 0 aliphatic heterocycles. The molecular formula is C7H12Cl2O2. The Bertz CT molecular complexity index is 109. The highest BCUT2D eigenvalue weighted by molar-refractivity contribution is 6.23. The number of halogens is 2. The van der Waals surface area contributed by atoms with Gasteiger partial charge in [0.2, 0.25) is 0 Å². The predicted molar refractivity (Wildman–Crippen MR) is 47.4 cm³/mol. The first-order valence-electron chi connectivity index (χ1n) is 3.21. The molecular weight excluding hydrogens is 187 g/mol. The average Bonchev–Trinajstić information content (AvgIpc) is 2.05. The van der Waals surface area contributed by atoms with Crippen molar-refractivity contribution in [2.45, 2.75) is 0 Å². The zero-order chi connectivity index (χ0) is 8.53. The number of rotatable bonds is 6. The highest BCUT2D eigenvalue weighted by atomic mass is 35.5. The molecule has 0 fully saturated rings. The lowest BCUT2D eigenvalue weighted by molar-refractivity contribution is -0.0187. The number of alkyl halides is 2. The van der Waals surface area contributed by atoms with Crippen LogP contribution in [0.1, 0.15) is 0 Å². The summed E-state index contributed by atoms with van der Waals surface area (Å²) in [7, 11) is 1.58. The fraction of sp³-hybridized carbons (Fsp3) is 0.714. The van der Waals surface area contributed by atoms with Gasteiger partial charge >= 0.3 is 0 Å². The minimum Gasteiger partial charge on any atom is -0.359 e. The van der Waals surface area contributed by atoms with Gasteiger partial charge in [0.25, 0.3) is 0 Å². The van der Waals surface area contributed by atoms with E-state index in [0.717, 1.165) is 5.57 Å². The smallest absolute Gasteiger partial charge is 0.146 e. The van der Waals surface area contributed by atoms with Crippen LogP contribution in [0.2, 0.25) is 0 Å². The molecule has 0 bridgehead atoms. The largest absolute Gasteiger partial charge is 0.359 e. The average molecular weight is 199 g/mol. The zero-order valence-electron chi connectivity index (χ0n) is 6.48. The van der Waals surface area contributed by atoms with Crippen LogP contribution >= 0.6 is 23.2 Å². The molecule has 0 aromatic rings. The highest BCUT2D eigenvalue weighted by Gasteiger charge is 1.91. The van der Waals surface area contributed by atoms with Gasteiger partial charge in [-0.2, -0.15) is 0 Å². The summed E-state index contributed by atoms with van der Waals surface area (Å²) in [5.41, 5.74) is 0.976. The monoisotopic (exact) mass is 198 g/mol. The molecule has 2 nitrogen and oxygen atoms in total. The van der Waals surface area contributed by atoms with Crippen LogP contribution in [0.5, 0.6) is 0 Å². The van der Waals surface area contributed by atoms with Gasteiger partial charge in [0.1, 0.15) is 6.79 Å². The van der Waals surface area contributed by atoms with E-state index in [-0.39, 0.29) is 0 Å². The van der Waals surface area contributed by atoms with Crippen LogP contribution < -0.4 is 0 Å². The number of allylic oxidation sites excluding steroid dienone is 1. The molecule has 0 amide bonds. The zero-order valence-corrected chi connectivity index (χ0v) is 7.99. The van der Waals surface area contributed by atoms with E-state index < -0.39 is 0 Å². The summed E-state index contributed by atoms with van der Waals surface area (Å²) in [5, 5.41) is 0. The normalized spacial score (nSPS) is 9.73. The van der Waals surface area contributed by atoms with Gasteiger partial charge < -0.3 is 9.47 Å². The molecule has 11 heavy (non-hydrogen) atoms. The first kappa shape index (κ1) is 11.2. The Kier molecular flexibility index (Phi) is 8.52. The SMILES string of the molecule is COCOCC=C(CCl)CCl. The van der Waals surface area contributed by atoms with Crippen molar-refractivity contribution in [3.8, 4) is 0 Å². The van der Waals surface area contributed by atoms with Crippen LogP contribution in [0.15, 0.2) is 11.6 Å². The van der Waals surface area contributed by atoms with E-state index in [2.05, 4.69) is 4.74 Å². The fourth-order valence-electron chi connectivity index (χ4n) is 0.453. The Labute approximate surface area is 77.1 Å². The van der Waals surface area contributed by atoms with Gasteiger partial charge in [0.05, 0.1) is 6.61 Å². The Morgan fingerprint density at radius 1 is 1.36 bits per heavy atom. The Morgan fingerprint density at radius 3 is 2.45 bits per heavy atom. The summed E-state index contributed by atoms with van der Waals surface area (Å²) in [6.45, 7) is 0.803. The number of ether oxygens (including phenoxy) is 2. The maximum Gasteiger partial charge on any atom is 0.146 e. The number of hydrogen-bond acceptors (Lipinski definition) is 2. The van der Waals surface area contributed by atoms with E-state index in [9.17, 15) is 0 Å². The van der Waals surface area contributed by atoms with E-state index in [0.29, 0.717) is 25.2 Å². The lowest BCUT2D eigenvalue weighted by atomic mass is 10.3. The van der Waals surface area contributed by atoms with E-state index in [1.807, 2.05) is 6.08 Å². The van der Waals surface area contributed by atoms with Crippen molar-refractivity contribution >= 4 is 23.2 Å². The summed E-state index contributed by atoms with van der Waals surface area (Å²) in [4.78, 5) is 0. The van der Waals surface area contributed by atoms with Crippen LogP contribution in [0.25, 0.3) is 0 Å². The molecule has 0 saturated carbocycles. The summed E-state index contributed by atoms with van der Waals surface area (Å²) in [6, 6.07) is 0. The Balaban J connectivity index is 3.37. The standard InChI is InChI=1S/C7H12Cl2O2/c1-10-6-11-3-2-7(4-8)5-9/h2H,3-6H2,1H3. The Hall–Kier alpha value is 0.240. The summed E-state index contributed by atoms with van der Waals surface area (Å²) >= 11 is 11.1. The van der Waals surface area contributed by atoms with E-state index in [4.69, 9.17) is 27.9 Å². The second-order valence-electron chi connectivity index (χ2n) is 1.91. The van der Waals surface area contributed by atoms with Crippen molar-refractivity contribution in [2.24, 2.45) is 0 Å². The van der Waals surface area contributed by atoms with Crippen molar-refractivity contribution in [1.29, 1.82) is 0 Å². The van der Waals surface area contributed by atoms with E-state index in [1.165, 1.54) is 0 Å². The van der Waals surface area contributed by atoms with Crippen molar-refractivity contribution in [3.05, 3.63) is 11.6 Å². The van der Waals surface area contributed by atoms with Crippen molar-refractivity contribution in [1.82, 2.24) is 0 Å². The molecule has 0 aromatic carbocycles. The third-order valence-electron chi connectivity index (χ3n) is 1.03. The van der Waals surface area contributed by atoms with Gasteiger partial charge in [-0.3, -0.25) is 0 Å². The second-order valence-corrected chi connectivity index (χ2v) is 2.44. The van der Waals surface area contributed by atoms with Crippen molar-refractivity contribution < 1.29 is 9.47 Å². The van der Waals surface area contributed by atoms with Gasteiger partial charge in [-0.05, 0) is 5.57 Å². The van der Waals surface area contributed by atoms with Crippen LogP contribution in [-0.4, -0.2) is 32.3 Å². The quantitative estimate of drug-likeness (QED) is 0.282. The van der Waals surface area contributed by atoms with Gasteiger partial charge in [0, 0.05) is 18.9 Å². The molecule has 0 radical (unpaired) electrons. The third-order valence-corrected chi connectivity index (χ3v) is 1.72. The summed E-state index contributed by atoms with van der Waals surface area (Å²) in [6.07, 6.45) is 1.86. The molecule has 0 unspecified atom stereocenters. The molecule has 0 rings (SSSR count). The molecule has 66 valence electrons. The minimum absolute atomic E-state index is 0.300. The molecule has 0 aromatic heterocycles. The highest BCUT2D eigenvalue weighted by Crippen LogP contribution is 1.99. The molecule has 0 spiro atoms. The summed E-state index contributed by atoms with van der Waals surface area (Å²) < 4.78 is 9.67. The molecule has 0 saturated heterocycles. The van der Waals surface area contributed by atoms with Crippen LogP contribution in [0.4, 0.5) is 0 Å². The molecule has 0 atom stereocenters. The van der Waals surface area contributed by atoms with E-state index in [1.54, 1.807) is 7.11 Å². The second kappa shape index (κ2) is 8.34. The molecule has 4 heteroatoms. The molecule has 0 heterocycles. The minimum atomic E-state index is 0.300. The lowest BCUT2D eigenvalue weighted by Gasteiger charge is -1.99. The number of methoxy groups -OCH3 is 1. The predicted octanol–water partition coefficient (Wildman–Crippen LogP) is 2.01. The first-order chi connectivity index (χ1) is 5.35. The van der Waals surface area contributed by atoms with Gasteiger partial charge in [-0.15, -0.1) is 23.2 Å². The fourth-order valence-corrected chi connectivity index (χ4v) is 0.957. The molecule has 0 aliphatic carbocycles. The lowest BCUT2D eigenvalue weighted by Crippen LogP contribution is -1.98. The maximum absolute atomic E-state index is 5.54. The first-order valence-corrected chi connectivity index (χ1v) is 4.28. The number of hydrogen-bond donors (Lipinski definition) is 0. The van der Waals surface area contributed by atoms with Crippen molar-refractivity contribution in [2.75, 3.05) is 32.3 Å². The van der Waals surface area contributed by atoms with Crippen molar-refractivity contribution in [3.63, 3.8) is 0 Å². The van der Waals surface area contributed by atoms with Gasteiger partial charge in [-0.1, -0.05) is 6.08 Å². The van der Waals surface area contributed by atoms with E-state index >= 15 is 0 Å². The molecule has 0 aliphatic rings. The topological polar surface area (TPSA) is 18.5 Å². The third kappa shape index (κ3) is 6.63. The van der Waals surface area contributed by atoms with Crippen LogP contribution in [0.3, 0.4) is 0 Å². The molecule has 0 N–H and O–H groups in total. The maximum atomic E-state index is 5.54. The van der Waals surface area contributed by atoms with Gasteiger partial charge in [0.15, 0.2) is 0 Å². The summed E-state index contributed by atoms with van der Waals surface area (Å²) in [5.74, 6) is 0.916.